The first-order valence-electron chi connectivity index (χ1n) is 7.25. The third-order valence-corrected chi connectivity index (χ3v) is 3.63. The summed E-state index contributed by atoms with van der Waals surface area (Å²) in [5, 5.41) is 7.75. The van der Waals surface area contributed by atoms with E-state index in [1.165, 1.54) is 4.68 Å². The highest BCUT2D eigenvalue weighted by atomic mass is 16.1. The van der Waals surface area contributed by atoms with Crippen LogP contribution in [0.15, 0.2) is 41.3 Å². The highest BCUT2D eigenvalue weighted by molar-refractivity contribution is 5.52. The van der Waals surface area contributed by atoms with Crippen molar-refractivity contribution in [2.75, 3.05) is 32.7 Å². The molecule has 1 N–H and O–H groups in total. The predicted octanol–water partition coefficient (Wildman–Crippen LogP) is 0.211. The Kier molecular flexibility index (Phi) is 4.37. The first-order chi connectivity index (χ1) is 10.3. The molecule has 2 aromatic heterocycles. The van der Waals surface area contributed by atoms with Crippen LogP contribution < -0.4 is 10.9 Å². The molecule has 1 fully saturated rings. The first kappa shape index (κ1) is 13.9. The Morgan fingerprint density at radius 1 is 1.05 bits per heavy atom. The van der Waals surface area contributed by atoms with Gasteiger partial charge in [0.05, 0.1) is 12.2 Å². The Morgan fingerprint density at radius 2 is 1.90 bits per heavy atom. The molecule has 0 saturated carbocycles. The Morgan fingerprint density at radius 3 is 2.67 bits per heavy atom. The van der Waals surface area contributed by atoms with Crippen LogP contribution in [-0.4, -0.2) is 52.4 Å². The maximum absolute atomic E-state index is 11.9. The lowest BCUT2D eigenvalue weighted by Gasteiger charge is -2.27. The highest BCUT2D eigenvalue weighted by Crippen LogP contribution is 2.10. The molecular formula is C15H19N5O. The SMILES string of the molecule is O=c1ccc(-c2ccccn2)nn1CCN1CCNCC1. The van der Waals surface area contributed by atoms with Crippen LogP contribution in [0.25, 0.3) is 11.4 Å². The lowest BCUT2D eigenvalue weighted by atomic mass is 10.2. The van der Waals surface area contributed by atoms with Gasteiger partial charge in [-0.1, -0.05) is 6.07 Å². The van der Waals surface area contributed by atoms with Crippen LogP contribution in [0.4, 0.5) is 0 Å². The Hall–Kier alpha value is -2.05. The molecule has 0 aromatic carbocycles. The van der Waals surface area contributed by atoms with Crippen LogP contribution in [0.1, 0.15) is 0 Å². The van der Waals surface area contributed by atoms with E-state index in [1.54, 1.807) is 18.3 Å². The van der Waals surface area contributed by atoms with Crippen LogP contribution in [0, 0.1) is 0 Å². The number of hydrogen-bond donors (Lipinski definition) is 1. The first-order valence-corrected chi connectivity index (χ1v) is 7.25. The maximum atomic E-state index is 11.9. The molecule has 3 rings (SSSR count). The zero-order valence-corrected chi connectivity index (χ0v) is 11.9. The van der Waals surface area contributed by atoms with Gasteiger partial charge in [0.25, 0.3) is 5.56 Å². The van der Waals surface area contributed by atoms with E-state index < -0.39 is 0 Å². The van der Waals surface area contributed by atoms with Gasteiger partial charge in [0.15, 0.2) is 0 Å². The molecule has 6 nitrogen and oxygen atoms in total. The van der Waals surface area contributed by atoms with Gasteiger partial charge in [0, 0.05) is 45.0 Å². The summed E-state index contributed by atoms with van der Waals surface area (Å²) in [5.41, 5.74) is 1.45. The Labute approximate surface area is 123 Å². The molecule has 0 aliphatic carbocycles. The van der Waals surface area contributed by atoms with Crippen molar-refractivity contribution >= 4 is 0 Å². The number of pyridine rings is 1. The van der Waals surface area contributed by atoms with E-state index in [4.69, 9.17) is 0 Å². The van der Waals surface area contributed by atoms with E-state index >= 15 is 0 Å². The fraction of sp³-hybridized carbons (Fsp3) is 0.400. The van der Waals surface area contributed by atoms with Crippen molar-refractivity contribution in [1.29, 1.82) is 0 Å². The van der Waals surface area contributed by atoms with Crippen molar-refractivity contribution in [2.24, 2.45) is 0 Å². The predicted molar refractivity (Wildman–Crippen MR) is 81.0 cm³/mol. The van der Waals surface area contributed by atoms with Gasteiger partial charge in [-0.2, -0.15) is 5.10 Å². The van der Waals surface area contributed by atoms with Crippen molar-refractivity contribution in [3.05, 3.63) is 46.9 Å². The smallest absolute Gasteiger partial charge is 0.266 e. The van der Waals surface area contributed by atoms with Crippen LogP contribution in [-0.2, 0) is 6.54 Å². The summed E-state index contributed by atoms with van der Waals surface area (Å²) in [4.78, 5) is 18.5. The normalized spacial score (nSPS) is 16.0. The summed E-state index contributed by atoms with van der Waals surface area (Å²) >= 11 is 0. The minimum Gasteiger partial charge on any atom is -0.314 e. The lowest BCUT2D eigenvalue weighted by molar-refractivity contribution is 0.228. The van der Waals surface area contributed by atoms with Gasteiger partial charge in [-0.25, -0.2) is 4.68 Å². The topological polar surface area (TPSA) is 63.1 Å². The quantitative estimate of drug-likeness (QED) is 0.870. The van der Waals surface area contributed by atoms with Crippen molar-refractivity contribution < 1.29 is 0 Å². The van der Waals surface area contributed by atoms with Gasteiger partial charge in [-0.3, -0.25) is 14.7 Å². The van der Waals surface area contributed by atoms with E-state index in [0.717, 1.165) is 44.1 Å². The third kappa shape index (κ3) is 3.53. The molecule has 0 unspecified atom stereocenters. The van der Waals surface area contributed by atoms with Crippen molar-refractivity contribution in [3.8, 4) is 11.4 Å². The average Bonchev–Trinajstić information content (AvgIpc) is 2.56. The fourth-order valence-corrected chi connectivity index (χ4v) is 2.43. The van der Waals surface area contributed by atoms with Gasteiger partial charge < -0.3 is 5.32 Å². The van der Waals surface area contributed by atoms with Crippen LogP contribution in [0.3, 0.4) is 0 Å². The monoisotopic (exact) mass is 285 g/mol. The molecule has 21 heavy (non-hydrogen) atoms. The second-order valence-electron chi connectivity index (χ2n) is 5.09. The second kappa shape index (κ2) is 6.60. The summed E-state index contributed by atoms with van der Waals surface area (Å²) in [6.45, 7) is 5.52. The maximum Gasteiger partial charge on any atom is 0.266 e. The molecule has 3 heterocycles. The number of nitrogens with one attached hydrogen (secondary N) is 1. The molecule has 6 heteroatoms. The summed E-state index contributed by atoms with van der Waals surface area (Å²) in [6.07, 6.45) is 1.73. The molecule has 1 aliphatic heterocycles. The molecular weight excluding hydrogens is 266 g/mol. The molecule has 2 aromatic rings. The number of piperazine rings is 1. The van der Waals surface area contributed by atoms with Gasteiger partial charge >= 0.3 is 0 Å². The Balaban J connectivity index is 1.74. The molecule has 0 bridgehead atoms. The van der Waals surface area contributed by atoms with E-state index in [-0.39, 0.29) is 5.56 Å². The number of aromatic nitrogens is 3. The largest absolute Gasteiger partial charge is 0.314 e. The molecule has 110 valence electrons. The van der Waals surface area contributed by atoms with E-state index in [9.17, 15) is 4.79 Å². The summed E-state index contributed by atoms with van der Waals surface area (Å²) < 4.78 is 1.53. The summed E-state index contributed by atoms with van der Waals surface area (Å²) in [7, 11) is 0. The van der Waals surface area contributed by atoms with Crippen molar-refractivity contribution in [3.63, 3.8) is 0 Å². The van der Waals surface area contributed by atoms with Gasteiger partial charge in [0.2, 0.25) is 0 Å². The molecule has 1 aliphatic rings. The lowest BCUT2D eigenvalue weighted by Crippen LogP contribution is -2.45. The Bertz CT molecular complexity index is 634. The zero-order valence-electron chi connectivity index (χ0n) is 11.9. The fourth-order valence-electron chi connectivity index (χ4n) is 2.43. The summed E-state index contributed by atoms with van der Waals surface area (Å²) in [6, 6.07) is 8.97. The standard InChI is InChI=1S/C15H19N5O/c21-15-5-4-14(13-3-1-2-6-17-13)18-20(15)12-11-19-9-7-16-8-10-19/h1-6,16H,7-12H2. The molecule has 0 atom stereocenters. The van der Waals surface area contributed by atoms with Gasteiger partial charge in [0.1, 0.15) is 5.69 Å². The van der Waals surface area contributed by atoms with Crippen molar-refractivity contribution in [1.82, 2.24) is 25.0 Å². The van der Waals surface area contributed by atoms with Crippen LogP contribution in [0.2, 0.25) is 0 Å². The van der Waals surface area contributed by atoms with Crippen molar-refractivity contribution in [2.45, 2.75) is 6.54 Å². The minimum atomic E-state index is -0.0650. The van der Waals surface area contributed by atoms with Gasteiger partial charge in [-0.05, 0) is 18.2 Å². The molecule has 1 saturated heterocycles. The third-order valence-electron chi connectivity index (χ3n) is 3.63. The van der Waals surface area contributed by atoms with Crippen LogP contribution >= 0.6 is 0 Å². The van der Waals surface area contributed by atoms with Gasteiger partial charge in [-0.15, -0.1) is 0 Å². The molecule has 0 amide bonds. The molecule has 0 spiro atoms. The highest BCUT2D eigenvalue weighted by Gasteiger charge is 2.10. The summed E-state index contributed by atoms with van der Waals surface area (Å²) in [5.74, 6) is 0. The minimum absolute atomic E-state index is 0.0650. The second-order valence-corrected chi connectivity index (χ2v) is 5.09. The zero-order chi connectivity index (χ0) is 14.5. The van der Waals surface area contributed by atoms with Crippen LogP contribution in [0.5, 0.6) is 0 Å². The average molecular weight is 285 g/mol. The van der Waals surface area contributed by atoms with E-state index in [2.05, 4.69) is 20.3 Å². The number of nitrogens with zero attached hydrogens (tertiary/aromatic N) is 4. The number of rotatable bonds is 4. The van der Waals surface area contributed by atoms with E-state index in [1.807, 2.05) is 18.2 Å². The molecule has 0 radical (unpaired) electrons. The number of hydrogen-bond acceptors (Lipinski definition) is 5. The van der Waals surface area contributed by atoms with E-state index in [0.29, 0.717) is 6.54 Å².